The molecule has 0 amide bonds. The van der Waals surface area contributed by atoms with Gasteiger partial charge in [-0.05, 0) is 49.7 Å². The van der Waals surface area contributed by atoms with E-state index < -0.39 is 0 Å². The van der Waals surface area contributed by atoms with Crippen molar-refractivity contribution >= 4 is 41.7 Å². The molecule has 1 aromatic rings. The number of rotatable bonds is 7. The van der Waals surface area contributed by atoms with Crippen LogP contribution in [0.25, 0.3) is 0 Å². The first-order chi connectivity index (χ1) is 12.3. The molecule has 1 aromatic carbocycles. The van der Waals surface area contributed by atoms with Crippen molar-refractivity contribution in [2.75, 3.05) is 25.6 Å². The van der Waals surface area contributed by atoms with Crippen molar-refractivity contribution in [1.82, 2.24) is 15.5 Å². The first-order valence-electron chi connectivity index (χ1n) is 9.56. The maximum absolute atomic E-state index is 4.41. The molecule has 2 N–H and O–H groups in total. The highest BCUT2D eigenvalue weighted by atomic mass is 127. The minimum atomic E-state index is 0. The topological polar surface area (TPSA) is 39.7 Å². The van der Waals surface area contributed by atoms with E-state index in [0.29, 0.717) is 18.1 Å². The second kappa shape index (κ2) is 11.4. The minimum Gasteiger partial charge on any atom is -0.356 e. The lowest BCUT2D eigenvalue weighted by Gasteiger charge is -2.39. The lowest BCUT2D eigenvalue weighted by molar-refractivity contribution is 0.114. The molecular weight excluding hydrogens is 455 g/mol. The third kappa shape index (κ3) is 6.02. The molecule has 2 saturated heterocycles. The molecule has 146 valence electrons. The first-order valence-corrected chi connectivity index (χ1v) is 11.0. The molecule has 2 atom stereocenters. The monoisotopic (exact) mass is 488 g/mol. The maximum Gasteiger partial charge on any atom is 0.191 e. The number of hydrogen-bond donors (Lipinski definition) is 2. The van der Waals surface area contributed by atoms with Gasteiger partial charge < -0.3 is 10.6 Å². The van der Waals surface area contributed by atoms with E-state index >= 15 is 0 Å². The van der Waals surface area contributed by atoms with E-state index in [0.717, 1.165) is 19.0 Å². The number of thioether (sulfide) groups is 1. The molecule has 26 heavy (non-hydrogen) atoms. The number of piperidine rings is 1. The van der Waals surface area contributed by atoms with Crippen molar-refractivity contribution in [3.05, 3.63) is 35.9 Å². The van der Waals surface area contributed by atoms with Gasteiger partial charge in [0.25, 0.3) is 0 Å². The second-order valence-corrected chi connectivity index (χ2v) is 8.19. The fourth-order valence-corrected chi connectivity index (χ4v) is 4.69. The van der Waals surface area contributed by atoms with Gasteiger partial charge in [-0.25, -0.2) is 0 Å². The number of nitrogens with zero attached hydrogens (tertiary/aromatic N) is 2. The lowest BCUT2D eigenvalue weighted by Crippen LogP contribution is -2.52. The van der Waals surface area contributed by atoms with E-state index in [9.17, 15) is 0 Å². The van der Waals surface area contributed by atoms with Crippen molar-refractivity contribution in [3.8, 4) is 0 Å². The van der Waals surface area contributed by atoms with Crippen LogP contribution in [0.4, 0.5) is 0 Å². The Balaban J connectivity index is 0.00000243. The molecule has 0 aromatic heterocycles. The van der Waals surface area contributed by atoms with E-state index in [1.54, 1.807) is 0 Å². The van der Waals surface area contributed by atoms with Gasteiger partial charge in [0.2, 0.25) is 0 Å². The zero-order valence-electron chi connectivity index (χ0n) is 16.0. The normalized spacial score (nSPS) is 25.6. The van der Waals surface area contributed by atoms with Crippen LogP contribution in [-0.4, -0.2) is 54.6 Å². The Morgan fingerprint density at radius 2 is 1.88 bits per heavy atom. The summed E-state index contributed by atoms with van der Waals surface area (Å²) in [5, 5.41) is 7.14. The summed E-state index contributed by atoms with van der Waals surface area (Å²) in [4.78, 5) is 7.15. The average Bonchev–Trinajstić information content (AvgIpc) is 2.87. The summed E-state index contributed by atoms with van der Waals surface area (Å²) in [5.41, 5.74) is 1.44. The van der Waals surface area contributed by atoms with E-state index in [1.807, 2.05) is 18.8 Å². The standard InChI is InChI=1S/C20H32N4S.HI/c1-21-20(22-11-6-12-25-2)23-17-13-18-9-10-19(14-17)24(18)15-16-7-4-3-5-8-16;/h3-5,7-8,17-19H,6,9-15H2,1-2H3,(H2,21,22,23);1H. The Hall–Kier alpha value is -0.470. The molecule has 0 radical (unpaired) electrons. The summed E-state index contributed by atoms with van der Waals surface area (Å²) in [7, 11) is 1.88. The van der Waals surface area contributed by atoms with E-state index in [-0.39, 0.29) is 24.0 Å². The van der Waals surface area contributed by atoms with Crippen molar-refractivity contribution in [2.24, 2.45) is 4.99 Å². The summed E-state index contributed by atoms with van der Waals surface area (Å²) in [5.74, 6) is 2.17. The predicted molar refractivity (Wildman–Crippen MR) is 125 cm³/mol. The molecule has 2 fully saturated rings. The maximum atomic E-state index is 4.41. The number of fused-ring (bicyclic) bond motifs is 2. The SMILES string of the molecule is CN=C(NCCCSC)NC1CC2CCC(C1)N2Cc1ccccc1.I. The Morgan fingerprint density at radius 3 is 2.50 bits per heavy atom. The number of hydrogen-bond acceptors (Lipinski definition) is 3. The van der Waals surface area contributed by atoms with Gasteiger partial charge in [0.05, 0.1) is 0 Å². The third-order valence-corrected chi connectivity index (χ3v) is 6.17. The number of guanidine groups is 1. The molecular formula is C20H33IN4S. The minimum absolute atomic E-state index is 0. The van der Waals surface area contributed by atoms with Crippen LogP contribution in [-0.2, 0) is 6.54 Å². The van der Waals surface area contributed by atoms with Gasteiger partial charge in [-0.1, -0.05) is 30.3 Å². The van der Waals surface area contributed by atoms with E-state index in [2.05, 4.69) is 57.1 Å². The zero-order valence-corrected chi connectivity index (χ0v) is 19.1. The Morgan fingerprint density at radius 1 is 1.19 bits per heavy atom. The summed E-state index contributed by atoms with van der Waals surface area (Å²) in [6, 6.07) is 12.9. The summed E-state index contributed by atoms with van der Waals surface area (Å²) >= 11 is 1.90. The average molecular weight is 488 g/mol. The summed E-state index contributed by atoms with van der Waals surface area (Å²) in [6.07, 6.45) is 8.49. The van der Waals surface area contributed by atoms with Gasteiger partial charge >= 0.3 is 0 Å². The number of aliphatic imine (C=N–C) groups is 1. The fraction of sp³-hybridized carbons (Fsp3) is 0.650. The second-order valence-electron chi connectivity index (χ2n) is 7.20. The van der Waals surface area contributed by atoms with Gasteiger partial charge in [-0.3, -0.25) is 9.89 Å². The van der Waals surface area contributed by atoms with Crippen LogP contribution in [0.15, 0.2) is 35.3 Å². The molecule has 2 aliphatic heterocycles. The Labute approximate surface area is 180 Å². The largest absolute Gasteiger partial charge is 0.356 e. The molecule has 6 heteroatoms. The van der Waals surface area contributed by atoms with Gasteiger partial charge in [0, 0.05) is 38.3 Å². The van der Waals surface area contributed by atoms with Gasteiger partial charge in [-0.2, -0.15) is 11.8 Å². The van der Waals surface area contributed by atoms with Crippen molar-refractivity contribution < 1.29 is 0 Å². The highest BCUT2D eigenvalue weighted by Gasteiger charge is 2.40. The quantitative estimate of drug-likeness (QED) is 0.266. The van der Waals surface area contributed by atoms with Gasteiger partial charge in [-0.15, -0.1) is 24.0 Å². The molecule has 2 heterocycles. The van der Waals surface area contributed by atoms with Crippen LogP contribution < -0.4 is 10.6 Å². The molecule has 2 aliphatic rings. The van der Waals surface area contributed by atoms with E-state index in [1.165, 1.54) is 43.4 Å². The van der Waals surface area contributed by atoms with Gasteiger partial charge in [0.15, 0.2) is 5.96 Å². The number of benzene rings is 1. The van der Waals surface area contributed by atoms with Gasteiger partial charge in [0.1, 0.15) is 0 Å². The molecule has 2 unspecified atom stereocenters. The number of nitrogens with one attached hydrogen (secondary N) is 2. The Kier molecular flexibility index (Phi) is 9.56. The van der Waals surface area contributed by atoms with Crippen molar-refractivity contribution in [2.45, 2.75) is 56.8 Å². The highest BCUT2D eigenvalue weighted by Crippen LogP contribution is 2.36. The number of halogens is 1. The smallest absolute Gasteiger partial charge is 0.191 e. The third-order valence-electron chi connectivity index (χ3n) is 5.47. The van der Waals surface area contributed by atoms with Crippen LogP contribution in [0.2, 0.25) is 0 Å². The van der Waals surface area contributed by atoms with Crippen LogP contribution in [0.1, 0.15) is 37.7 Å². The molecule has 0 aliphatic carbocycles. The summed E-state index contributed by atoms with van der Waals surface area (Å²) < 4.78 is 0. The predicted octanol–water partition coefficient (Wildman–Crippen LogP) is 3.72. The van der Waals surface area contributed by atoms with Crippen molar-refractivity contribution in [1.29, 1.82) is 0 Å². The summed E-state index contributed by atoms with van der Waals surface area (Å²) in [6.45, 7) is 2.10. The van der Waals surface area contributed by atoms with Crippen LogP contribution in [0.3, 0.4) is 0 Å². The van der Waals surface area contributed by atoms with Crippen molar-refractivity contribution in [3.63, 3.8) is 0 Å². The van der Waals surface area contributed by atoms with E-state index in [4.69, 9.17) is 0 Å². The molecule has 4 nitrogen and oxygen atoms in total. The Bertz CT molecular complexity index is 540. The molecule has 3 rings (SSSR count). The fourth-order valence-electron chi connectivity index (χ4n) is 4.26. The highest BCUT2D eigenvalue weighted by molar-refractivity contribution is 14.0. The first kappa shape index (κ1) is 21.8. The van der Waals surface area contributed by atoms with Crippen LogP contribution >= 0.6 is 35.7 Å². The van der Waals surface area contributed by atoms with Crippen LogP contribution in [0.5, 0.6) is 0 Å². The molecule has 0 spiro atoms. The lowest BCUT2D eigenvalue weighted by atomic mass is 9.96. The molecule has 2 bridgehead atoms. The zero-order chi connectivity index (χ0) is 17.5. The molecule has 0 saturated carbocycles. The van der Waals surface area contributed by atoms with Crippen LogP contribution in [0, 0.1) is 0 Å².